The minimum Gasteiger partial charge on any atom is -0.493 e. The molecule has 4 heteroatoms. The largest absolute Gasteiger partial charge is 0.493 e. The zero-order chi connectivity index (χ0) is 23.5. The molecule has 5 rings (SSSR count). The molecule has 0 amide bonds. The molecule has 172 valence electrons. The number of rotatable bonds is 4. The Morgan fingerprint density at radius 1 is 0.848 bits per heavy atom. The highest BCUT2D eigenvalue weighted by molar-refractivity contribution is 5.73. The number of hydrogen-bond donors (Lipinski definition) is 0. The van der Waals surface area contributed by atoms with Gasteiger partial charge in [-0.2, -0.15) is 0 Å². The molecule has 2 heterocycles. The van der Waals surface area contributed by atoms with Gasteiger partial charge >= 0.3 is 0 Å². The molecule has 0 fully saturated rings. The van der Waals surface area contributed by atoms with Crippen molar-refractivity contribution < 1.29 is 14.2 Å². The lowest BCUT2D eigenvalue weighted by molar-refractivity contribution is 0.121. The Labute approximate surface area is 197 Å². The summed E-state index contributed by atoms with van der Waals surface area (Å²) < 4.78 is 17.8. The second-order valence-corrected chi connectivity index (χ2v) is 9.85. The molecule has 0 spiro atoms. The smallest absolute Gasteiger partial charge is 0.161 e. The quantitative estimate of drug-likeness (QED) is 0.463. The van der Waals surface area contributed by atoms with E-state index >= 15 is 0 Å². The fraction of sp³-hybridized carbons (Fsp3) is 0.379. The number of fused-ring (bicyclic) bond motifs is 2. The average molecular weight is 444 g/mol. The Morgan fingerprint density at radius 2 is 1.42 bits per heavy atom. The summed E-state index contributed by atoms with van der Waals surface area (Å²) in [7, 11) is 3.39. The van der Waals surface area contributed by atoms with E-state index < -0.39 is 0 Å². The van der Waals surface area contributed by atoms with Crippen LogP contribution >= 0.6 is 0 Å². The molecule has 2 aliphatic heterocycles. The van der Waals surface area contributed by atoms with Crippen LogP contribution < -0.4 is 19.1 Å². The molecular weight excluding hydrogens is 410 g/mol. The van der Waals surface area contributed by atoms with E-state index in [0.29, 0.717) is 0 Å². The molecule has 33 heavy (non-hydrogen) atoms. The lowest BCUT2D eigenvalue weighted by Crippen LogP contribution is -2.31. The molecule has 0 bridgehead atoms. The van der Waals surface area contributed by atoms with Crippen molar-refractivity contribution in [2.24, 2.45) is 0 Å². The monoisotopic (exact) mass is 443 g/mol. The van der Waals surface area contributed by atoms with Gasteiger partial charge < -0.3 is 19.1 Å². The van der Waals surface area contributed by atoms with Crippen LogP contribution in [0.2, 0.25) is 0 Å². The highest BCUT2D eigenvalue weighted by Gasteiger charge is 2.45. The number of hydrogen-bond acceptors (Lipinski definition) is 4. The molecule has 0 N–H and O–H groups in total. The topological polar surface area (TPSA) is 30.9 Å². The maximum absolute atomic E-state index is 6.64. The van der Waals surface area contributed by atoms with Crippen molar-refractivity contribution in [3.8, 4) is 17.2 Å². The Morgan fingerprint density at radius 3 is 1.97 bits per heavy atom. The van der Waals surface area contributed by atoms with Crippen LogP contribution in [-0.4, -0.2) is 19.8 Å². The van der Waals surface area contributed by atoms with Crippen LogP contribution in [0.5, 0.6) is 17.2 Å². The third kappa shape index (κ3) is 3.26. The van der Waals surface area contributed by atoms with E-state index in [1.54, 1.807) is 14.2 Å². The number of anilines is 1. The van der Waals surface area contributed by atoms with Gasteiger partial charge in [-0.25, -0.2) is 0 Å². The van der Waals surface area contributed by atoms with Crippen LogP contribution in [0.1, 0.15) is 58.7 Å². The van der Waals surface area contributed by atoms with Crippen molar-refractivity contribution in [2.45, 2.75) is 59.2 Å². The van der Waals surface area contributed by atoms with Crippen molar-refractivity contribution in [1.29, 1.82) is 0 Å². The van der Waals surface area contributed by atoms with Crippen LogP contribution in [0.15, 0.2) is 42.5 Å². The summed E-state index contributed by atoms with van der Waals surface area (Å²) in [6, 6.07) is 15.0. The van der Waals surface area contributed by atoms with Gasteiger partial charge in [-0.3, -0.25) is 0 Å². The predicted molar refractivity (Wildman–Crippen MR) is 133 cm³/mol. The molecule has 3 aromatic carbocycles. The number of ether oxygens (including phenoxy) is 3. The normalized spacial score (nSPS) is 18.0. The lowest BCUT2D eigenvalue weighted by Gasteiger charge is -2.28. The molecule has 2 aliphatic rings. The second kappa shape index (κ2) is 7.72. The van der Waals surface area contributed by atoms with Gasteiger partial charge in [0, 0.05) is 24.3 Å². The molecule has 0 saturated heterocycles. The molecule has 0 aromatic heterocycles. The highest BCUT2D eigenvalue weighted by atomic mass is 16.5. The van der Waals surface area contributed by atoms with E-state index in [-0.39, 0.29) is 11.5 Å². The summed E-state index contributed by atoms with van der Waals surface area (Å²) >= 11 is 0. The third-order valence-electron chi connectivity index (χ3n) is 7.49. The molecule has 3 aromatic rings. The molecular formula is C29H33NO3. The summed E-state index contributed by atoms with van der Waals surface area (Å²) in [5.41, 5.74) is 10.1. The van der Waals surface area contributed by atoms with Gasteiger partial charge in [-0.15, -0.1) is 0 Å². The van der Waals surface area contributed by atoms with Crippen molar-refractivity contribution in [1.82, 2.24) is 0 Å². The van der Waals surface area contributed by atoms with E-state index in [0.717, 1.165) is 30.3 Å². The highest BCUT2D eigenvalue weighted by Crippen LogP contribution is 2.54. The molecule has 0 radical (unpaired) electrons. The molecule has 0 aliphatic carbocycles. The van der Waals surface area contributed by atoms with Crippen LogP contribution in [-0.2, 0) is 13.1 Å². The van der Waals surface area contributed by atoms with Gasteiger partial charge in [0.2, 0.25) is 0 Å². The van der Waals surface area contributed by atoms with Crippen molar-refractivity contribution >= 4 is 5.69 Å². The first-order valence-electron chi connectivity index (χ1n) is 11.6. The van der Waals surface area contributed by atoms with Crippen LogP contribution in [0.3, 0.4) is 0 Å². The Hall–Kier alpha value is -3.14. The first kappa shape index (κ1) is 21.7. The van der Waals surface area contributed by atoms with E-state index in [2.05, 4.69) is 82.0 Å². The van der Waals surface area contributed by atoms with Crippen molar-refractivity contribution in [2.75, 3.05) is 19.1 Å². The predicted octanol–water partition coefficient (Wildman–Crippen LogP) is 6.45. The van der Waals surface area contributed by atoms with Crippen molar-refractivity contribution in [3.63, 3.8) is 0 Å². The average Bonchev–Trinajstić information content (AvgIpc) is 3.34. The van der Waals surface area contributed by atoms with Gasteiger partial charge in [-0.05, 0) is 80.1 Å². The van der Waals surface area contributed by atoms with Crippen LogP contribution in [0.25, 0.3) is 0 Å². The maximum Gasteiger partial charge on any atom is 0.161 e. The summed E-state index contributed by atoms with van der Waals surface area (Å²) in [6.45, 7) is 12.8. The Bertz CT molecular complexity index is 1200. The summed E-state index contributed by atoms with van der Waals surface area (Å²) in [4.78, 5) is 2.49. The summed E-state index contributed by atoms with van der Waals surface area (Å²) in [5.74, 6) is 2.83. The maximum atomic E-state index is 6.64. The Kier molecular flexibility index (Phi) is 5.08. The van der Waals surface area contributed by atoms with Gasteiger partial charge in [0.15, 0.2) is 11.5 Å². The van der Waals surface area contributed by atoms with E-state index in [1.807, 2.05) is 0 Å². The minimum atomic E-state index is -0.307. The molecule has 0 saturated carbocycles. The zero-order valence-electron chi connectivity index (χ0n) is 20.7. The van der Waals surface area contributed by atoms with Crippen LogP contribution in [0.4, 0.5) is 5.69 Å². The minimum absolute atomic E-state index is 0.192. The number of benzene rings is 3. The van der Waals surface area contributed by atoms with Gasteiger partial charge in [-0.1, -0.05) is 30.3 Å². The number of methoxy groups -OCH3 is 2. The molecule has 4 nitrogen and oxygen atoms in total. The van der Waals surface area contributed by atoms with E-state index in [1.165, 1.54) is 44.6 Å². The van der Waals surface area contributed by atoms with E-state index in [4.69, 9.17) is 14.2 Å². The fourth-order valence-electron chi connectivity index (χ4n) is 5.85. The summed E-state index contributed by atoms with van der Waals surface area (Å²) in [5, 5.41) is 0. The Balaban J connectivity index is 1.63. The van der Waals surface area contributed by atoms with Gasteiger partial charge in [0.1, 0.15) is 11.4 Å². The first-order chi connectivity index (χ1) is 15.8. The van der Waals surface area contributed by atoms with Crippen molar-refractivity contribution in [3.05, 3.63) is 81.4 Å². The lowest BCUT2D eigenvalue weighted by atomic mass is 9.78. The summed E-state index contributed by atoms with van der Waals surface area (Å²) in [6.07, 6.45) is 0. The standard InChI is InChI=1S/C29H33NO3/c1-17-18(2)28-25(26(29(4,5)33-28)20-11-9-8-10-12-20)19(3)27(17)30-15-21-13-23(31-6)24(32-7)14-22(21)16-30/h8-14,26H,15-16H2,1-7H3. The van der Waals surface area contributed by atoms with E-state index in [9.17, 15) is 0 Å². The third-order valence-corrected chi connectivity index (χ3v) is 7.49. The van der Waals surface area contributed by atoms with Gasteiger partial charge in [0.25, 0.3) is 0 Å². The SMILES string of the molecule is COc1cc2c(cc1OC)CN(c1c(C)c(C)c3c(c1C)C(c1ccccc1)C(C)(C)O3)C2. The molecule has 1 atom stereocenters. The zero-order valence-corrected chi connectivity index (χ0v) is 20.7. The second-order valence-electron chi connectivity index (χ2n) is 9.85. The molecule has 1 unspecified atom stereocenters. The van der Waals surface area contributed by atoms with Crippen LogP contribution in [0, 0.1) is 20.8 Å². The first-order valence-corrected chi connectivity index (χ1v) is 11.6. The number of nitrogens with zero attached hydrogens (tertiary/aromatic N) is 1. The fourth-order valence-corrected chi connectivity index (χ4v) is 5.85. The van der Waals surface area contributed by atoms with Gasteiger partial charge in [0.05, 0.1) is 20.1 Å².